The van der Waals surface area contributed by atoms with Crippen LogP contribution in [0.2, 0.25) is 0 Å². The van der Waals surface area contributed by atoms with Crippen LogP contribution >= 0.6 is 0 Å². The first-order chi connectivity index (χ1) is 12.6. The van der Waals surface area contributed by atoms with Gasteiger partial charge in [0.25, 0.3) is 0 Å². The van der Waals surface area contributed by atoms with Crippen LogP contribution in [0.5, 0.6) is 0 Å². The Morgan fingerprint density at radius 2 is 1.88 bits per heavy atom. The molecule has 1 aromatic rings. The molecule has 1 aliphatic heterocycles. The Morgan fingerprint density at radius 1 is 1.19 bits per heavy atom. The van der Waals surface area contributed by atoms with E-state index in [2.05, 4.69) is 34.6 Å². The van der Waals surface area contributed by atoms with Gasteiger partial charge in [0.15, 0.2) is 0 Å². The SMILES string of the molecule is CC1CC1C(=O)NCCC(=O)Nc1ccc(CCN2CCOCC2)cc1. The van der Waals surface area contributed by atoms with Crippen LogP contribution in [0.4, 0.5) is 5.69 Å². The van der Waals surface area contributed by atoms with Crippen LogP contribution in [0, 0.1) is 11.8 Å². The van der Waals surface area contributed by atoms with Crippen molar-refractivity contribution < 1.29 is 14.3 Å². The smallest absolute Gasteiger partial charge is 0.226 e. The number of rotatable bonds is 8. The van der Waals surface area contributed by atoms with Crippen molar-refractivity contribution in [3.05, 3.63) is 29.8 Å². The van der Waals surface area contributed by atoms with E-state index in [0.29, 0.717) is 18.9 Å². The maximum Gasteiger partial charge on any atom is 0.226 e. The minimum atomic E-state index is -0.0739. The molecule has 6 heteroatoms. The fraction of sp³-hybridized carbons (Fsp3) is 0.600. The van der Waals surface area contributed by atoms with Crippen molar-refractivity contribution in [1.29, 1.82) is 0 Å². The van der Waals surface area contributed by atoms with Gasteiger partial charge < -0.3 is 15.4 Å². The Labute approximate surface area is 155 Å². The number of morpholine rings is 1. The highest BCUT2D eigenvalue weighted by atomic mass is 16.5. The van der Waals surface area contributed by atoms with Crippen molar-refractivity contribution in [3.63, 3.8) is 0 Å². The largest absolute Gasteiger partial charge is 0.379 e. The number of carbonyl (C=O) groups is 2. The van der Waals surface area contributed by atoms with Gasteiger partial charge in [-0.1, -0.05) is 19.1 Å². The van der Waals surface area contributed by atoms with E-state index in [4.69, 9.17) is 4.74 Å². The van der Waals surface area contributed by atoms with Gasteiger partial charge in [-0.2, -0.15) is 0 Å². The van der Waals surface area contributed by atoms with Gasteiger partial charge in [0, 0.05) is 44.2 Å². The first kappa shape index (κ1) is 18.9. The lowest BCUT2D eigenvalue weighted by atomic mass is 10.1. The van der Waals surface area contributed by atoms with Crippen LogP contribution in [0.15, 0.2) is 24.3 Å². The van der Waals surface area contributed by atoms with Crippen LogP contribution < -0.4 is 10.6 Å². The summed E-state index contributed by atoms with van der Waals surface area (Å²) in [6.45, 7) is 7.16. The second kappa shape index (κ2) is 9.14. The van der Waals surface area contributed by atoms with E-state index >= 15 is 0 Å². The molecule has 0 spiro atoms. The molecule has 2 unspecified atom stereocenters. The highest BCUT2D eigenvalue weighted by molar-refractivity contribution is 5.91. The third-order valence-corrected chi connectivity index (χ3v) is 5.16. The monoisotopic (exact) mass is 359 g/mol. The van der Waals surface area contributed by atoms with Crippen molar-refractivity contribution in [1.82, 2.24) is 10.2 Å². The molecule has 1 saturated heterocycles. The van der Waals surface area contributed by atoms with Crippen molar-refractivity contribution >= 4 is 17.5 Å². The number of amides is 2. The molecule has 2 aliphatic rings. The van der Waals surface area contributed by atoms with E-state index in [-0.39, 0.29) is 17.7 Å². The molecule has 1 aliphatic carbocycles. The van der Waals surface area contributed by atoms with Crippen LogP contribution in [-0.4, -0.2) is 56.1 Å². The molecule has 26 heavy (non-hydrogen) atoms. The zero-order chi connectivity index (χ0) is 18.4. The van der Waals surface area contributed by atoms with E-state index in [9.17, 15) is 9.59 Å². The van der Waals surface area contributed by atoms with E-state index in [1.54, 1.807) is 0 Å². The summed E-state index contributed by atoms with van der Waals surface area (Å²) < 4.78 is 5.36. The number of nitrogens with zero attached hydrogens (tertiary/aromatic N) is 1. The average Bonchev–Trinajstić information content (AvgIpc) is 3.39. The Kier molecular flexibility index (Phi) is 6.63. The number of hydrogen-bond acceptors (Lipinski definition) is 4. The fourth-order valence-electron chi connectivity index (χ4n) is 3.21. The summed E-state index contributed by atoms with van der Waals surface area (Å²) in [5.74, 6) is 0.652. The predicted molar refractivity (Wildman–Crippen MR) is 101 cm³/mol. The molecule has 2 N–H and O–H groups in total. The van der Waals surface area contributed by atoms with E-state index in [1.165, 1.54) is 5.56 Å². The molecule has 3 rings (SSSR count). The minimum absolute atomic E-state index is 0.0739. The Hall–Kier alpha value is -1.92. The molecule has 0 radical (unpaired) electrons. The first-order valence-electron chi connectivity index (χ1n) is 9.58. The van der Waals surface area contributed by atoms with Gasteiger partial charge in [0.05, 0.1) is 13.2 Å². The fourth-order valence-corrected chi connectivity index (χ4v) is 3.21. The number of hydrogen-bond donors (Lipinski definition) is 2. The third kappa shape index (κ3) is 5.81. The zero-order valence-electron chi connectivity index (χ0n) is 15.5. The van der Waals surface area contributed by atoms with E-state index < -0.39 is 0 Å². The second-order valence-electron chi connectivity index (χ2n) is 7.31. The summed E-state index contributed by atoms with van der Waals surface area (Å²) in [6.07, 6.45) is 2.27. The number of benzene rings is 1. The summed E-state index contributed by atoms with van der Waals surface area (Å²) in [5.41, 5.74) is 2.06. The molecule has 0 aromatic heterocycles. The van der Waals surface area contributed by atoms with E-state index in [1.807, 2.05) is 12.1 Å². The minimum Gasteiger partial charge on any atom is -0.379 e. The summed E-state index contributed by atoms with van der Waals surface area (Å²) >= 11 is 0. The highest BCUT2D eigenvalue weighted by Crippen LogP contribution is 2.37. The normalized spacial score (nSPS) is 22.7. The summed E-state index contributed by atoms with van der Waals surface area (Å²) in [4.78, 5) is 26.1. The number of nitrogens with one attached hydrogen (secondary N) is 2. The molecule has 2 fully saturated rings. The molecular formula is C20H29N3O3. The topological polar surface area (TPSA) is 70.7 Å². The lowest BCUT2D eigenvalue weighted by Crippen LogP contribution is -2.37. The van der Waals surface area contributed by atoms with Crippen molar-refractivity contribution in [2.75, 3.05) is 44.7 Å². The second-order valence-corrected chi connectivity index (χ2v) is 7.31. The molecule has 2 atom stereocenters. The Balaban J connectivity index is 1.33. The van der Waals surface area contributed by atoms with Gasteiger partial charge in [0.2, 0.25) is 11.8 Å². The van der Waals surface area contributed by atoms with E-state index in [0.717, 1.165) is 51.4 Å². The highest BCUT2D eigenvalue weighted by Gasteiger charge is 2.38. The van der Waals surface area contributed by atoms with Gasteiger partial charge in [-0.15, -0.1) is 0 Å². The quantitative estimate of drug-likeness (QED) is 0.741. The maximum absolute atomic E-state index is 12.0. The molecular weight excluding hydrogens is 330 g/mol. The number of anilines is 1. The van der Waals surface area contributed by atoms with Crippen molar-refractivity contribution in [2.45, 2.75) is 26.2 Å². The Bertz CT molecular complexity index is 611. The van der Waals surface area contributed by atoms with Gasteiger partial charge >= 0.3 is 0 Å². The standard InChI is InChI=1S/C20H29N3O3/c1-15-14-18(15)20(25)21-8-6-19(24)22-17-4-2-16(3-5-17)7-9-23-10-12-26-13-11-23/h2-5,15,18H,6-14H2,1H3,(H,21,25)(H,22,24). The lowest BCUT2D eigenvalue weighted by molar-refractivity contribution is -0.122. The Morgan fingerprint density at radius 3 is 2.54 bits per heavy atom. The number of carbonyl (C=O) groups excluding carboxylic acids is 2. The van der Waals surface area contributed by atoms with Crippen molar-refractivity contribution in [2.24, 2.45) is 11.8 Å². The molecule has 142 valence electrons. The van der Waals surface area contributed by atoms with Crippen molar-refractivity contribution in [3.8, 4) is 0 Å². The van der Waals surface area contributed by atoms with Gasteiger partial charge in [0.1, 0.15) is 0 Å². The molecule has 0 bridgehead atoms. The summed E-state index contributed by atoms with van der Waals surface area (Å²) in [5, 5.41) is 5.72. The molecule has 1 heterocycles. The molecule has 1 aromatic carbocycles. The summed E-state index contributed by atoms with van der Waals surface area (Å²) in [7, 11) is 0. The van der Waals surface area contributed by atoms with Crippen LogP contribution in [-0.2, 0) is 20.7 Å². The maximum atomic E-state index is 12.0. The van der Waals surface area contributed by atoms with Crippen LogP contribution in [0.3, 0.4) is 0 Å². The van der Waals surface area contributed by atoms with Crippen LogP contribution in [0.25, 0.3) is 0 Å². The number of ether oxygens (including phenoxy) is 1. The average molecular weight is 359 g/mol. The molecule has 2 amide bonds. The lowest BCUT2D eigenvalue weighted by Gasteiger charge is -2.26. The molecule has 1 saturated carbocycles. The third-order valence-electron chi connectivity index (χ3n) is 5.16. The van der Waals surface area contributed by atoms with Gasteiger partial charge in [-0.05, 0) is 36.5 Å². The van der Waals surface area contributed by atoms with Gasteiger partial charge in [-0.25, -0.2) is 0 Å². The summed E-state index contributed by atoms with van der Waals surface area (Å²) in [6, 6.07) is 8.01. The van der Waals surface area contributed by atoms with Gasteiger partial charge in [-0.3, -0.25) is 14.5 Å². The predicted octanol–water partition coefficient (Wildman–Crippen LogP) is 1.66. The zero-order valence-corrected chi connectivity index (χ0v) is 15.5. The first-order valence-corrected chi connectivity index (χ1v) is 9.58. The van der Waals surface area contributed by atoms with Crippen LogP contribution in [0.1, 0.15) is 25.3 Å². The molecule has 6 nitrogen and oxygen atoms in total.